The predicted molar refractivity (Wildman–Crippen MR) is 71.4 cm³/mol. The number of amidine groups is 1. The molecule has 1 aromatic heterocycles. The molecule has 1 fully saturated rings. The van der Waals surface area contributed by atoms with Crippen LogP contribution < -0.4 is 5.73 Å². The number of aryl methyl sites for hydroxylation is 1. The summed E-state index contributed by atoms with van der Waals surface area (Å²) in [6.45, 7) is 4.04. The van der Waals surface area contributed by atoms with Crippen molar-refractivity contribution in [3.05, 3.63) is 16.1 Å². The summed E-state index contributed by atoms with van der Waals surface area (Å²) >= 11 is 1.72. The molecule has 0 aliphatic heterocycles. The molecule has 1 aliphatic carbocycles. The lowest BCUT2D eigenvalue weighted by Crippen LogP contribution is -2.29. The van der Waals surface area contributed by atoms with E-state index in [0.29, 0.717) is 11.3 Å². The fourth-order valence-electron chi connectivity index (χ4n) is 2.32. The Morgan fingerprint density at radius 2 is 2.35 bits per heavy atom. The van der Waals surface area contributed by atoms with Gasteiger partial charge in [-0.2, -0.15) is 0 Å². The van der Waals surface area contributed by atoms with Crippen molar-refractivity contribution in [2.24, 2.45) is 11.1 Å². The normalized spacial score (nSPS) is 17.4. The highest BCUT2D eigenvalue weighted by Crippen LogP contribution is 2.49. The van der Waals surface area contributed by atoms with Crippen molar-refractivity contribution in [1.82, 2.24) is 9.88 Å². The van der Waals surface area contributed by atoms with Crippen LogP contribution in [0.1, 0.15) is 29.8 Å². The Morgan fingerprint density at radius 3 is 2.82 bits per heavy atom. The van der Waals surface area contributed by atoms with E-state index in [2.05, 4.69) is 23.9 Å². The molecule has 0 atom stereocenters. The predicted octanol–water partition coefficient (Wildman–Crippen LogP) is 1.99. The molecule has 17 heavy (non-hydrogen) atoms. The molecule has 1 aromatic rings. The van der Waals surface area contributed by atoms with Crippen LogP contribution in [0.25, 0.3) is 0 Å². The first-order valence-corrected chi connectivity index (χ1v) is 6.79. The average Bonchev–Trinajstić information content (AvgIpc) is 2.82. The highest BCUT2D eigenvalue weighted by molar-refractivity contribution is 7.09. The third-order valence-electron chi connectivity index (χ3n) is 3.39. The summed E-state index contributed by atoms with van der Waals surface area (Å²) in [7, 11) is 2.14. The maximum atomic E-state index is 7.42. The first-order chi connectivity index (χ1) is 8.01. The number of hydrogen-bond donors (Lipinski definition) is 2. The number of thiazole rings is 1. The summed E-state index contributed by atoms with van der Waals surface area (Å²) in [4.78, 5) is 7.94. The Kier molecular flexibility index (Phi) is 3.49. The van der Waals surface area contributed by atoms with Gasteiger partial charge in [-0.15, -0.1) is 11.3 Å². The molecular formula is C12H20N4S. The second kappa shape index (κ2) is 4.74. The summed E-state index contributed by atoms with van der Waals surface area (Å²) in [6.07, 6.45) is 3.16. The molecule has 0 amide bonds. The largest absolute Gasteiger partial charge is 0.388 e. The number of hydrogen-bond acceptors (Lipinski definition) is 4. The standard InChI is InChI=1S/C12H20N4S/c1-9-10(17-8-15-9)6-16(2)7-12(3-4-12)5-11(13)14/h8H,3-7H2,1-2H3,(H3,13,14). The van der Waals surface area contributed by atoms with E-state index in [4.69, 9.17) is 11.1 Å². The summed E-state index contributed by atoms with van der Waals surface area (Å²) < 4.78 is 0. The molecule has 4 nitrogen and oxygen atoms in total. The molecule has 1 aliphatic rings. The highest BCUT2D eigenvalue weighted by Gasteiger charge is 2.43. The van der Waals surface area contributed by atoms with Gasteiger partial charge in [0.2, 0.25) is 0 Å². The van der Waals surface area contributed by atoms with Gasteiger partial charge in [0.1, 0.15) is 0 Å². The van der Waals surface area contributed by atoms with Crippen molar-refractivity contribution in [3.63, 3.8) is 0 Å². The minimum absolute atomic E-state index is 0.291. The Hall–Kier alpha value is -0.940. The fraction of sp³-hybridized carbons (Fsp3) is 0.667. The quantitative estimate of drug-likeness (QED) is 0.601. The lowest BCUT2D eigenvalue weighted by Gasteiger charge is -2.23. The van der Waals surface area contributed by atoms with E-state index < -0.39 is 0 Å². The molecule has 0 spiro atoms. The molecule has 0 bridgehead atoms. The average molecular weight is 252 g/mol. The molecule has 0 unspecified atom stereocenters. The molecule has 0 radical (unpaired) electrons. The Bertz CT molecular complexity index is 408. The van der Waals surface area contributed by atoms with Crippen LogP contribution in [0, 0.1) is 17.7 Å². The van der Waals surface area contributed by atoms with Crippen molar-refractivity contribution in [3.8, 4) is 0 Å². The van der Waals surface area contributed by atoms with Gasteiger partial charge in [0, 0.05) is 24.4 Å². The van der Waals surface area contributed by atoms with Gasteiger partial charge in [0.15, 0.2) is 0 Å². The van der Waals surface area contributed by atoms with Gasteiger partial charge in [-0.1, -0.05) is 0 Å². The lowest BCUT2D eigenvalue weighted by atomic mass is 10.0. The smallest absolute Gasteiger partial charge is 0.0911 e. The van der Waals surface area contributed by atoms with Crippen molar-refractivity contribution >= 4 is 17.2 Å². The Morgan fingerprint density at radius 1 is 1.65 bits per heavy atom. The molecular weight excluding hydrogens is 232 g/mol. The molecule has 0 saturated heterocycles. The van der Waals surface area contributed by atoms with Crippen LogP contribution in [0.4, 0.5) is 0 Å². The van der Waals surface area contributed by atoms with Crippen molar-refractivity contribution < 1.29 is 0 Å². The van der Waals surface area contributed by atoms with Crippen LogP contribution in [0.15, 0.2) is 5.51 Å². The SMILES string of the molecule is Cc1ncsc1CN(C)CC1(CC(=N)N)CC1. The van der Waals surface area contributed by atoms with Gasteiger partial charge < -0.3 is 10.6 Å². The van der Waals surface area contributed by atoms with Crippen LogP contribution >= 0.6 is 11.3 Å². The molecule has 1 saturated carbocycles. The van der Waals surface area contributed by atoms with Gasteiger partial charge in [0.05, 0.1) is 17.0 Å². The number of nitrogens with one attached hydrogen (secondary N) is 1. The topological polar surface area (TPSA) is 66.0 Å². The Labute approximate surface area is 106 Å². The van der Waals surface area contributed by atoms with Crippen LogP contribution in [0.3, 0.4) is 0 Å². The second-order valence-electron chi connectivity index (χ2n) is 5.24. The first kappa shape index (κ1) is 12.5. The van der Waals surface area contributed by atoms with Crippen molar-refractivity contribution in [1.29, 1.82) is 5.41 Å². The first-order valence-electron chi connectivity index (χ1n) is 5.91. The zero-order valence-electron chi connectivity index (χ0n) is 10.5. The van der Waals surface area contributed by atoms with E-state index in [9.17, 15) is 0 Å². The molecule has 0 aromatic carbocycles. The van der Waals surface area contributed by atoms with E-state index in [1.54, 1.807) is 11.3 Å². The number of nitrogens with zero attached hydrogens (tertiary/aromatic N) is 2. The fourth-order valence-corrected chi connectivity index (χ4v) is 3.18. The van der Waals surface area contributed by atoms with Crippen LogP contribution in [-0.2, 0) is 6.54 Å². The molecule has 2 rings (SSSR count). The van der Waals surface area contributed by atoms with E-state index in [-0.39, 0.29) is 0 Å². The van der Waals surface area contributed by atoms with E-state index >= 15 is 0 Å². The summed E-state index contributed by atoms with van der Waals surface area (Å²) in [5.41, 5.74) is 8.84. The van der Waals surface area contributed by atoms with Crippen LogP contribution in [0.2, 0.25) is 0 Å². The van der Waals surface area contributed by atoms with Crippen molar-refractivity contribution in [2.75, 3.05) is 13.6 Å². The highest BCUT2D eigenvalue weighted by atomic mass is 32.1. The minimum Gasteiger partial charge on any atom is -0.388 e. The Balaban J connectivity index is 1.87. The maximum absolute atomic E-state index is 7.42. The molecule has 1 heterocycles. The molecule has 5 heteroatoms. The summed E-state index contributed by atoms with van der Waals surface area (Å²) in [5.74, 6) is 0.324. The summed E-state index contributed by atoms with van der Waals surface area (Å²) in [5, 5.41) is 7.42. The van der Waals surface area contributed by atoms with Gasteiger partial charge >= 0.3 is 0 Å². The second-order valence-corrected chi connectivity index (χ2v) is 6.17. The zero-order valence-corrected chi connectivity index (χ0v) is 11.3. The zero-order chi connectivity index (χ0) is 12.5. The van der Waals surface area contributed by atoms with E-state index in [0.717, 1.165) is 25.2 Å². The monoisotopic (exact) mass is 252 g/mol. The van der Waals surface area contributed by atoms with Crippen LogP contribution in [0.5, 0.6) is 0 Å². The lowest BCUT2D eigenvalue weighted by molar-refractivity contribution is 0.260. The van der Waals surface area contributed by atoms with E-state index in [1.807, 2.05) is 5.51 Å². The van der Waals surface area contributed by atoms with Gasteiger partial charge in [-0.25, -0.2) is 4.98 Å². The van der Waals surface area contributed by atoms with Crippen LogP contribution in [-0.4, -0.2) is 29.3 Å². The number of nitrogens with two attached hydrogens (primary N) is 1. The van der Waals surface area contributed by atoms with Gasteiger partial charge in [-0.05, 0) is 32.2 Å². The molecule has 94 valence electrons. The van der Waals surface area contributed by atoms with Gasteiger partial charge in [-0.3, -0.25) is 5.41 Å². The number of rotatable bonds is 6. The minimum atomic E-state index is 0.291. The third kappa shape index (κ3) is 3.26. The van der Waals surface area contributed by atoms with Crippen molar-refractivity contribution in [2.45, 2.75) is 32.7 Å². The molecule has 3 N–H and O–H groups in total. The van der Waals surface area contributed by atoms with E-state index in [1.165, 1.54) is 17.7 Å². The summed E-state index contributed by atoms with van der Waals surface area (Å²) in [6, 6.07) is 0. The maximum Gasteiger partial charge on any atom is 0.0911 e. The number of aromatic nitrogens is 1. The van der Waals surface area contributed by atoms with Gasteiger partial charge in [0.25, 0.3) is 0 Å². The third-order valence-corrected chi connectivity index (χ3v) is 4.31.